The summed E-state index contributed by atoms with van der Waals surface area (Å²) in [7, 11) is 0. The van der Waals surface area contributed by atoms with Gasteiger partial charge in [-0.15, -0.1) is 0 Å². The Morgan fingerprint density at radius 2 is 0.912 bits per heavy atom. The van der Waals surface area contributed by atoms with Gasteiger partial charge in [0.15, 0.2) is 5.78 Å². The Hall–Kier alpha value is -4.23. The van der Waals surface area contributed by atoms with Crippen LogP contribution in [0.1, 0.15) is 27.0 Å². The molecule has 0 N–H and O–H groups in total. The van der Waals surface area contributed by atoms with Crippen molar-refractivity contribution in [2.75, 3.05) is 0 Å². The number of carbonyl (C=O) groups is 1. The molecular weight excluding hydrogens is 412 g/mol. The molecule has 5 aromatic rings. The average Bonchev–Trinajstić information content (AvgIpc) is 2.89. The number of ketones is 1. The first-order valence-electron chi connectivity index (χ1n) is 11.6. The van der Waals surface area contributed by atoms with Crippen molar-refractivity contribution in [1.82, 2.24) is 0 Å². The Bertz CT molecular complexity index is 1430. The number of hydrogen-bond acceptors (Lipinski definition) is 1. The van der Waals surface area contributed by atoms with Crippen LogP contribution in [0.3, 0.4) is 0 Å². The van der Waals surface area contributed by atoms with Crippen LogP contribution in [0.4, 0.5) is 0 Å². The summed E-state index contributed by atoms with van der Waals surface area (Å²) in [5, 5.41) is 0. The summed E-state index contributed by atoms with van der Waals surface area (Å²) in [6.45, 7) is 4.18. The van der Waals surface area contributed by atoms with E-state index in [2.05, 4.69) is 98.8 Å². The maximum absolute atomic E-state index is 13.6. The van der Waals surface area contributed by atoms with Gasteiger partial charge in [-0.2, -0.15) is 0 Å². The fraction of sp³-hybridized carbons (Fsp3) is 0.0606. The molecule has 0 unspecified atom stereocenters. The quantitative estimate of drug-likeness (QED) is 0.251. The van der Waals surface area contributed by atoms with Crippen molar-refractivity contribution >= 4 is 5.78 Å². The standard InChI is InChI=1S/C33H26O/c1-23-8-12-25(13-9-23)26-16-18-28(19-17-26)31-21-20-30(27-14-10-24(2)11-15-27)22-32(31)33(34)29-6-4-3-5-7-29/h3-22H,1-2H3. The van der Waals surface area contributed by atoms with Crippen molar-refractivity contribution in [3.63, 3.8) is 0 Å². The SMILES string of the molecule is Cc1ccc(-c2ccc(-c3ccc(-c4ccc(C)cc4)cc3C(=O)c3ccccc3)cc2)cc1. The minimum Gasteiger partial charge on any atom is -0.289 e. The van der Waals surface area contributed by atoms with Crippen LogP contribution in [-0.4, -0.2) is 5.78 Å². The van der Waals surface area contributed by atoms with E-state index >= 15 is 0 Å². The van der Waals surface area contributed by atoms with Gasteiger partial charge in [0, 0.05) is 11.1 Å². The van der Waals surface area contributed by atoms with E-state index in [0.717, 1.165) is 27.8 Å². The maximum Gasteiger partial charge on any atom is 0.193 e. The normalized spacial score (nSPS) is 10.8. The summed E-state index contributed by atoms with van der Waals surface area (Å²) < 4.78 is 0. The first kappa shape index (κ1) is 21.6. The summed E-state index contributed by atoms with van der Waals surface area (Å²) in [4.78, 5) is 13.6. The van der Waals surface area contributed by atoms with E-state index in [0.29, 0.717) is 11.1 Å². The third-order valence-corrected chi connectivity index (χ3v) is 6.27. The van der Waals surface area contributed by atoms with Crippen molar-refractivity contribution in [3.8, 4) is 33.4 Å². The predicted molar refractivity (Wildman–Crippen MR) is 142 cm³/mol. The molecule has 0 aliphatic heterocycles. The van der Waals surface area contributed by atoms with Crippen molar-refractivity contribution in [2.45, 2.75) is 13.8 Å². The summed E-state index contributed by atoms with van der Waals surface area (Å²) >= 11 is 0. The van der Waals surface area contributed by atoms with Gasteiger partial charge >= 0.3 is 0 Å². The zero-order valence-electron chi connectivity index (χ0n) is 19.5. The predicted octanol–water partition coefficient (Wildman–Crippen LogP) is 8.54. The fourth-order valence-corrected chi connectivity index (χ4v) is 4.24. The largest absolute Gasteiger partial charge is 0.289 e. The molecule has 164 valence electrons. The van der Waals surface area contributed by atoms with Crippen molar-refractivity contribution in [3.05, 3.63) is 144 Å². The summed E-state index contributed by atoms with van der Waals surface area (Å²) in [6, 6.07) is 41.2. The smallest absolute Gasteiger partial charge is 0.193 e. The third-order valence-electron chi connectivity index (χ3n) is 6.27. The Morgan fingerprint density at radius 3 is 1.47 bits per heavy atom. The Kier molecular flexibility index (Phi) is 5.93. The van der Waals surface area contributed by atoms with Crippen LogP contribution in [0.2, 0.25) is 0 Å². The summed E-state index contributed by atoms with van der Waals surface area (Å²) in [6.07, 6.45) is 0. The highest BCUT2D eigenvalue weighted by Crippen LogP contribution is 2.32. The first-order chi connectivity index (χ1) is 16.6. The van der Waals surface area contributed by atoms with Gasteiger partial charge in [-0.3, -0.25) is 4.79 Å². The average molecular weight is 439 g/mol. The molecule has 1 heteroatoms. The third kappa shape index (κ3) is 4.46. The van der Waals surface area contributed by atoms with Gasteiger partial charge in [0.1, 0.15) is 0 Å². The molecule has 34 heavy (non-hydrogen) atoms. The lowest BCUT2D eigenvalue weighted by Gasteiger charge is -2.13. The van der Waals surface area contributed by atoms with Gasteiger partial charge in [-0.05, 0) is 53.3 Å². The molecule has 1 nitrogen and oxygen atoms in total. The van der Waals surface area contributed by atoms with E-state index in [1.165, 1.54) is 16.7 Å². The molecule has 0 aromatic heterocycles. The van der Waals surface area contributed by atoms with Crippen molar-refractivity contribution in [2.24, 2.45) is 0 Å². The van der Waals surface area contributed by atoms with Crippen LogP contribution in [0, 0.1) is 13.8 Å². The molecule has 0 fully saturated rings. The van der Waals surface area contributed by atoms with Crippen molar-refractivity contribution in [1.29, 1.82) is 0 Å². The minimum atomic E-state index is 0.0344. The number of aryl methyl sites for hydroxylation is 2. The zero-order valence-corrected chi connectivity index (χ0v) is 19.5. The van der Waals surface area contributed by atoms with Gasteiger partial charge in [0.25, 0.3) is 0 Å². The molecule has 0 radical (unpaired) electrons. The highest BCUT2D eigenvalue weighted by atomic mass is 16.1. The molecule has 5 rings (SSSR count). The topological polar surface area (TPSA) is 17.1 Å². The Morgan fingerprint density at radius 1 is 0.471 bits per heavy atom. The first-order valence-corrected chi connectivity index (χ1v) is 11.6. The van der Waals surface area contributed by atoms with Crippen LogP contribution in [0.25, 0.3) is 33.4 Å². The Labute approximate surface area is 201 Å². The van der Waals surface area contributed by atoms with Crippen LogP contribution in [0.15, 0.2) is 121 Å². The van der Waals surface area contributed by atoms with E-state index in [4.69, 9.17) is 0 Å². The van der Waals surface area contributed by atoms with E-state index in [-0.39, 0.29) is 5.78 Å². The molecule has 0 bridgehead atoms. The molecule has 5 aromatic carbocycles. The lowest BCUT2D eigenvalue weighted by molar-refractivity contribution is 0.103. The molecule has 0 spiro atoms. The minimum absolute atomic E-state index is 0.0344. The second kappa shape index (κ2) is 9.33. The van der Waals surface area contributed by atoms with Gasteiger partial charge in [-0.1, -0.05) is 126 Å². The molecule has 0 aliphatic rings. The van der Waals surface area contributed by atoms with Gasteiger partial charge in [0.05, 0.1) is 0 Å². The van der Waals surface area contributed by atoms with Crippen LogP contribution in [-0.2, 0) is 0 Å². The van der Waals surface area contributed by atoms with Crippen LogP contribution in [0.5, 0.6) is 0 Å². The maximum atomic E-state index is 13.6. The van der Waals surface area contributed by atoms with Crippen LogP contribution < -0.4 is 0 Å². The number of benzene rings is 5. The molecular formula is C33H26O. The van der Waals surface area contributed by atoms with Gasteiger partial charge in [0.2, 0.25) is 0 Å². The lowest BCUT2D eigenvalue weighted by Crippen LogP contribution is -2.04. The van der Waals surface area contributed by atoms with E-state index in [1.807, 2.05) is 36.4 Å². The molecule has 0 saturated carbocycles. The number of rotatable bonds is 5. The second-order valence-corrected chi connectivity index (χ2v) is 8.76. The fourth-order valence-electron chi connectivity index (χ4n) is 4.24. The molecule has 0 aliphatic carbocycles. The highest BCUT2D eigenvalue weighted by molar-refractivity contribution is 6.13. The lowest BCUT2D eigenvalue weighted by atomic mass is 9.90. The Balaban J connectivity index is 1.58. The number of hydrogen-bond donors (Lipinski definition) is 0. The monoisotopic (exact) mass is 438 g/mol. The number of carbonyl (C=O) groups excluding carboxylic acids is 1. The molecule has 0 amide bonds. The van der Waals surface area contributed by atoms with Gasteiger partial charge < -0.3 is 0 Å². The van der Waals surface area contributed by atoms with Crippen LogP contribution >= 0.6 is 0 Å². The van der Waals surface area contributed by atoms with Gasteiger partial charge in [-0.25, -0.2) is 0 Å². The summed E-state index contributed by atoms with van der Waals surface area (Å²) in [5.41, 5.74) is 10.4. The van der Waals surface area contributed by atoms with E-state index < -0.39 is 0 Å². The second-order valence-electron chi connectivity index (χ2n) is 8.76. The molecule has 0 heterocycles. The highest BCUT2D eigenvalue weighted by Gasteiger charge is 2.16. The van der Waals surface area contributed by atoms with E-state index in [1.54, 1.807) is 0 Å². The summed E-state index contributed by atoms with van der Waals surface area (Å²) in [5.74, 6) is 0.0344. The molecule has 0 atom stereocenters. The van der Waals surface area contributed by atoms with Crippen molar-refractivity contribution < 1.29 is 4.79 Å². The van der Waals surface area contributed by atoms with E-state index in [9.17, 15) is 4.79 Å². The molecule has 0 saturated heterocycles. The zero-order chi connectivity index (χ0) is 23.5.